The first kappa shape index (κ1) is 15.3. The fraction of sp³-hybridized carbons (Fsp3) is 0.857. The maximum atomic E-state index is 12.3. The van der Waals surface area contributed by atoms with Gasteiger partial charge in [-0.15, -0.1) is 0 Å². The second-order valence-corrected chi connectivity index (χ2v) is 5.69. The first-order valence-corrected chi connectivity index (χ1v) is 7.47. The van der Waals surface area contributed by atoms with Gasteiger partial charge in [-0.2, -0.15) is 0 Å². The highest BCUT2D eigenvalue weighted by Gasteiger charge is 2.43. The van der Waals surface area contributed by atoms with Crippen LogP contribution in [0.5, 0.6) is 0 Å². The number of ether oxygens (including phenoxy) is 1. The van der Waals surface area contributed by atoms with E-state index < -0.39 is 12.0 Å². The molecule has 1 aliphatic heterocycles. The number of hydrogen-bond donors (Lipinski definition) is 2. The Morgan fingerprint density at radius 3 is 2.65 bits per heavy atom. The molecule has 6 nitrogen and oxygen atoms in total. The van der Waals surface area contributed by atoms with Gasteiger partial charge in [-0.05, 0) is 31.6 Å². The van der Waals surface area contributed by atoms with E-state index in [1.165, 1.54) is 6.42 Å². The maximum absolute atomic E-state index is 12.3. The van der Waals surface area contributed by atoms with Crippen molar-refractivity contribution in [3.63, 3.8) is 0 Å². The van der Waals surface area contributed by atoms with Gasteiger partial charge >= 0.3 is 5.97 Å². The summed E-state index contributed by atoms with van der Waals surface area (Å²) in [5.41, 5.74) is 5.33. The monoisotopic (exact) mass is 284 g/mol. The molecule has 0 aromatic heterocycles. The van der Waals surface area contributed by atoms with E-state index in [9.17, 15) is 14.7 Å². The minimum atomic E-state index is -0.902. The van der Waals surface area contributed by atoms with E-state index in [4.69, 9.17) is 10.5 Å². The molecule has 0 aromatic rings. The van der Waals surface area contributed by atoms with Crippen LogP contribution in [0.3, 0.4) is 0 Å². The van der Waals surface area contributed by atoms with E-state index in [2.05, 4.69) is 0 Å². The summed E-state index contributed by atoms with van der Waals surface area (Å²) >= 11 is 0. The molecule has 3 unspecified atom stereocenters. The Morgan fingerprint density at radius 2 is 1.95 bits per heavy atom. The molecule has 0 bridgehead atoms. The molecule has 2 aliphatic rings. The van der Waals surface area contributed by atoms with Crippen LogP contribution in [0.15, 0.2) is 0 Å². The van der Waals surface area contributed by atoms with Crippen LogP contribution < -0.4 is 5.73 Å². The zero-order valence-corrected chi connectivity index (χ0v) is 11.8. The second kappa shape index (κ2) is 7.04. The lowest BCUT2D eigenvalue weighted by atomic mass is 9.76. The topological polar surface area (TPSA) is 92.9 Å². The summed E-state index contributed by atoms with van der Waals surface area (Å²) in [5.74, 6) is -0.651. The fourth-order valence-electron chi connectivity index (χ4n) is 3.55. The number of fused-ring (bicyclic) bond motifs is 1. The average Bonchev–Trinajstić information content (AvgIpc) is 2.46. The maximum Gasteiger partial charge on any atom is 0.326 e. The number of amides is 1. The molecular formula is C14H24N2O4. The number of rotatable bonds is 5. The third-order valence-corrected chi connectivity index (χ3v) is 4.43. The Balaban J connectivity index is 2.08. The van der Waals surface area contributed by atoms with Crippen molar-refractivity contribution < 1.29 is 19.4 Å². The van der Waals surface area contributed by atoms with Crippen molar-refractivity contribution in [2.45, 2.75) is 50.6 Å². The minimum Gasteiger partial charge on any atom is -0.480 e. The Hall–Kier alpha value is -1.14. The van der Waals surface area contributed by atoms with Crippen LogP contribution in [-0.2, 0) is 14.3 Å². The molecule has 3 N–H and O–H groups in total. The van der Waals surface area contributed by atoms with Crippen LogP contribution in [0.4, 0.5) is 0 Å². The van der Waals surface area contributed by atoms with Gasteiger partial charge in [-0.3, -0.25) is 4.79 Å². The lowest BCUT2D eigenvalue weighted by molar-refractivity contribution is -0.160. The summed E-state index contributed by atoms with van der Waals surface area (Å²) in [6, 6.07) is -0.615. The number of piperidine rings is 1. The van der Waals surface area contributed by atoms with Crippen molar-refractivity contribution >= 4 is 11.9 Å². The van der Waals surface area contributed by atoms with Crippen LogP contribution in [0.1, 0.15) is 38.5 Å². The quantitative estimate of drug-likeness (QED) is 0.721. The first-order chi connectivity index (χ1) is 9.65. The Morgan fingerprint density at radius 1 is 1.20 bits per heavy atom. The van der Waals surface area contributed by atoms with E-state index in [0.29, 0.717) is 25.5 Å². The number of aliphatic carboxylic acids is 1. The second-order valence-electron chi connectivity index (χ2n) is 5.69. The molecule has 0 radical (unpaired) electrons. The van der Waals surface area contributed by atoms with Crippen molar-refractivity contribution in [2.75, 3.05) is 19.8 Å². The molecule has 1 saturated carbocycles. The van der Waals surface area contributed by atoms with Crippen LogP contribution in [0.25, 0.3) is 0 Å². The number of carboxylic acids is 1. The number of carboxylic acid groups (broad SMARTS) is 1. The number of carbonyl (C=O) groups is 2. The predicted octanol–water partition coefficient (Wildman–Crippen LogP) is 0.596. The van der Waals surface area contributed by atoms with Crippen molar-refractivity contribution in [1.82, 2.24) is 4.90 Å². The standard InChI is InChI=1S/C14H24N2O4/c15-7-8-20-9-13(17)16-11-4-2-1-3-10(11)5-6-12(16)14(18)19/h10-12H,1-9,15H2,(H,18,19). The zero-order chi connectivity index (χ0) is 14.5. The van der Waals surface area contributed by atoms with Crippen LogP contribution >= 0.6 is 0 Å². The lowest BCUT2D eigenvalue weighted by Gasteiger charge is -2.47. The summed E-state index contributed by atoms with van der Waals surface area (Å²) in [7, 11) is 0. The number of likely N-dealkylation sites (tertiary alicyclic amines) is 1. The molecule has 2 fully saturated rings. The predicted molar refractivity (Wildman–Crippen MR) is 73.1 cm³/mol. The molecule has 1 heterocycles. The number of nitrogens with two attached hydrogens (primary N) is 1. The van der Waals surface area contributed by atoms with Gasteiger partial charge in [0, 0.05) is 12.6 Å². The molecule has 20 heavy (non-hydrogen) atoms. The summed E-state index contributed by atoms with van der Waals surface area (Å²) in [5, 5.41) is 9.36. The largest absolute Gasteiger partial charge is 0.480 e. The molecule has 1 saturated heterocycles. The first-order valence-electron chi connectivity index (χ1n) is 7.47. The summed E-state index contributed by atoms with van der Waals surface area (Å²) in [6.45, 7) is 0.622. The van der Waals surface area contributed by atoms with Crippen molar-refractivity contribution in [3.05, 3.63) is 0 Å². The van der Waals surface area contributed by atoms with E-state index in [1.807, 2.05) is 0 Å². The summed E-state index contributed by atoms with van der Waals surface area (Å²) in [6.07, 6.45) is 5.74. The van der Waals surface area contributed by atoms with Crippen molar-refractivity contribution in [2.24, 2.45) is 11.7 Å². The Labute approximate surface area is 119 Å². The zero-order valence-electron chi connectivity index (χ0n) is 11.8. The molecule has 3 atom stereocenters. The molecule has 114 valence electrons. The molecule has 2 rings (SSSR count). The smallest absolute Gasteiger partial charge is 0.326 e. The van der Waals surface area contributed by atoms with E-state index in [0.717, 1.165) is 25.7 Å². The van der Waals surface area contributed by atoms with Gasteiger partial charge in [0.15, 0.2) is 0 Å². The normalized spacial score (nSPS) is 29.9. The minimum absolute atomic E-state index is 0.0653. The van der Waals surface area contributed by atoms with Crippen LogP contribution in [0.2, 0.25) is 0 Å². The fourth-order valence-corrected chi connectivity index (χ4v) is 3.55. The third-order valence-electron chi connectivity index (χ3n) is 4.43. The highest BCUT2D eigenvalue weighted by atomic mass is 16.5. The van der Waals surface area contributed by atoms with Gasteiger partial charge in [0.1, 0.15) is 12.6 Å². The van der Waals surface area contributed by atoms with Gasteiger partial charge in [-0.1, -0.05) is 12.8 Å². The molecule has 1 amide bonds. The van der Waals surface area contributed by atoms with E-state index in [-0.39, 0.29) is 18.6 Å². The highest BCUT2D eigenvalue weighted by Crippen LogP contribution is 2.38. The van der Waals surface area contributed by atoms with Gasteiger partial charge in [0.2, 0.25) is 5.91 Å². The SMILES string of the molecule is NCCOCC(=O)N1C(C(=O)O)CCC2CCCCC21. The Bertz CT molecular complexity index is 361. The number of hydrogen-bond acceptors (Lipinski definition) is 4. The third kappa shape index (κ3) is 3.30. The van der Waals surface area contributed by atoms with Gasteiger partial charge in [0.05, 0.1) is 6.61 Å². The lowest BCUT2D eigenvalue weighted by Crippen LogP contribution is -2.58. The summed E-state index contributed by atoms with van der Waals surface area (Å²) in [4.78, 5) is 25.3. The van der Waals surface area contributed by atoms with Crippen LogP contribution in [0, 0.1) is 5.92 Å². The number of nitrogens with zero attached hydrogens (tertiary/aromatic N) is 1. The molecule has 6 heteroatoms. The molecular weight excluding hydrogens is 260 g/mol. The van der Waals surface area contributed by atoms with Crippen molar-refractivity contribution in [3.8, 4) is 0 Å². The highest BCUT2D eigenvalue weighted by molar-refractivity contribution is 5.85. The average molecular weight is 284 g/mol. The van der Waals surface area contributed by atoms with Crippen molar-refractivity contribution in [1.29, 1.82) is 0 Å². The molecule has 0 aromatic carbocycles. The van der Waals surface area contributed by atoms with Gasteiger partial charge in [0.25, 0.3) is 0 Å². The van der Waals surface area contributed by atoms with Gasteiger partial charge < -0.3 is 20.5 Å². The Kier molecular flexibility index (Phi) is 5.37. The summed E-state index contributed by atoms with van der Waals surface area (Å²) < 4.78 is 5.20. The van der Waals surface area contributed by atoms with E-state index in [1.54, 1.807) is 4.90 Å². The van der Waals surface area contributed by atoms with E-state index >= 15 is 0 Å². The molecule has 1 aliphatic carbocycles. The number of carbonyl (C=O) groups excluding carboxylic acids is 1. The van der Waals surface area contributed by atoms with Crippen LogP contribution in [-0.4, -0.2) is 53.7 Å². The van der Waals surface area contributed by atoms with Gasteiger partial charge in [-0.25, -0.2) is 4.79 Å². The molecule has 0 spiro atoms.